The van der Waals surface area contributed by atoms with Crippen LogP contribution in [0.15, 0.2) is 24.3 Å². The van der Waals surface area contributed by atoms with Crippen molar-refractivity contribution in [3.63, 3.8) is 0 Å². The Morgan fingerprint density at radius 2 is 1.81 bits per heavy atom. The van der Waals surface area contributed by atoms with Crippen molar-refractivity contribution < 1.29 is 14.3 Å². The van der Waals surface area contributed by atoms with Gasteiger partial charge in [-0.05, 0) is 24.0 Å². The number of ether oxygens (including phenoxy) is 1. The first-order valence-electron chi connectivity index (χ1n) is 7.32. The fourth-order valence-electron chi connectivity index (χ4n) is 2.80. The van der Waals surface area contributed by atoms with Crippen LogP contribution in [0, 0.1) is 0 Å². The molecule has 0 saturated heterocycles. The Kier molecular flexibility index (Phi) is 3.68. The Morgan fingerprint density at radius 1 is 1.19 bits per heavy atom. The number of nitrogens with one attached hydrogen (secondary N) is 2. The number of carbonyl (C=O) groups excluding carboxylic acids is 2. The van der Waals surface area contributed by atoms with E-state index in [1.165, 1.54) is 11.1 Å². The van der Waals surface area contributed by atoms with Gasteiger partial charge >= 0.3 is 11.8 Å². The Morgan fingerprint density at radius 3 is 2.33 bits per heavy atom. The van der Waals surface area contributed by atoms with E-state index in [1.54, 1.807) is 7.11 Å². The highest BCUT2D eigenvalue weighted by Gasteiger charge is 2.38. The number of rotatable bonds is 4. The predicted molar refractivity (Wildman–Crippen MR) is 77.8 cm³/mol. The van der Waals surface area contributed by atoms with E-state index in [1.807, 2.05) is 12.1 Å². The summed E-state index contributed by atoms with van der Waals surface area (Å²) in [6, 6.07) is 8.36. The minimum Gasteiger partial charge on any atom is -0.376 e. The lowest BCUT2D eigenvalue weighted by Crippen LogP contribution is -2.49. The van der Waals surface area contributed by atoms with Gasteiger partial charge in [0.15, 0.2) is 0 Å². The molecule has 1 saturated carbocycles. The number of fused-ring (bicyclic) bond motifs is 1. The molecule has 0 aromatic heterocycles. The third-order valence-electron chi connectivity index (χ3n) is 4.27. The average Bonchev–Trinajstić information content (AvgIpc) is 3.22. The second kappa shape index (κ2) is 5.48. The number of hydrogen-bond acceptors (Lipinski definition) is 3. The van der Waals surface area contributed by atoms with Crippen molar-refractivity contribution in [1.29, 1.82) is 0 Å². The predicted octanol–water partition coefficient (Wildman–Crippen LogP) is 0.565. The van der Waals surface area contributed by atoms with Crippen LogP contribution in [0.2, 0.25) is 0 Å². The lowest BCUT2D eigenvalue weighted by atomic mass is 10.00. The molecule has 3 rings (SSSR count). The van der Waals surface area contributed by atoms with Crippen LogP contribution in [-0.2, 0) is 27.2 Å². The van der Waals surface area contributed by atoms with Crippen LogP contribution < -0.4 is 10.6 Å². The average molecular weight is 288 g/mol. The summed E-state index contributed by atoms with van der Waals surface area (Å²) < 4.78 is 5.66. The van der Waals surface area contributed by atoms with Gasteiger partial charge in [0.1, 0.15) is 0 Å². The van der Waals surface area contributed by atoms with Crippen molar-refractivity contribution in [2.75, 3.05) is 13.7 Å². The van der Waals surface area contributed by atoms with Crippen molar-refractivity contribution in [2.45, 2.75) is 37.3 Å². The van der Waals surface area contributed by atoms with Gasteiger partial charge in [-0.3, -0.25) is 9.59 Å². The van der Waals surface area contributed by atoms with Crippen molar-refractivity contribution >= 4 is 11.8 Å². The van der Waals surface area contributed by atoms with Gasteiger partial charge in [-0.15, -0.1) is 0 Å². The zero-order valence-electron chi connectivity index (χ0n) is 12.1. The molecule has 5 heteroatoms. The van der Waals surface area contributed by atoms with Crippen LogP contribution in [0.1, 0.15) is 24.0 Å². The first-order chi connectivity index (χ1) is 10.1. The summed E-state index contributed by atoms with van der Waals surface area (Å²) in [6.45, 7) is 0.342. The van der Waals surface area contributed by atoms with E-state index in [0.717, 1.165) is 25.7 Å². The molecule has 21 heavy (non-hydrogen) atoms. The van der Waals surface area contributed by atoms with Gasteiger partial charge < -0.3 is 15.4 Å². The number of amides is 2. The molecule has 2 aliphatic carbocycles. The summed E-state index contributed by atoms with van der Waals surface area (Å²) in [5, 5.41) is 5.39. The van der Waals surface area contributed by atoms with Gasteiger partial charge in [-0.25, -0.2) is 0 Å². The maximum atomic E-state index is 11.8. The molecule has 2 N–H and O–H groups in total. The highest BCUT2D eigenvalue weighted by molar-refractivity contribution is 6.35. The zero-order chi connectivity index (χ0) is 14.9. The van der Waals surface area contributed by atoms with Crippen molar-refractivity contribution in [3.05, 3.63) is 35.4 Å². The fraction of sp³-hybridized carbons (Fsp3) is 0.500. The monoisotopic (exact) mass is 288 g/mol. The van der Waals surface area contributed by atoms with Gasteiger partial charge in [0.05, 0.1) is 5.60 Å². The quantitative estimate of drug-likeness (QED) is 0.796. The molecule has 0 spiro atoms. The number of hydrogen-bond donors (Lipinski definition) is 2. The van der Waals surface area contributed by atoms with Crippen LogP contribution in [0.25, 0.3) is 0 Å². The Balaban J connectivity index is 1.58. The van der Waals surface area contributed by atoms with Crippen molar-refractivity contribution in [3.8, 4) is 0 Å². The van der Waals surface area contributed by atoms with Crippen LogP contribution >= 0.6 is 0 Å². The lowest BCUT2D eigenvalue weighted by Gasteiger charge is -2.27. The summed E-state index contributed by atoms with van der Waals surface area (Å²) in [4.78, 5) is 23.5. The largest absolute Gasteiger partial charge is 0.376 e. The molecule has 112 valence electrons. The summed E-state index contributed by atoms with van der Waals surface area (Å²) in [5.41, 5.74) is 2.05. The Bertz CT molecular complexity index is 541. The van der Waals surface area contributed by atoms with Gasteiger partial charge in [-0.1, -0.05) is 24.3 Å². The minimum atomic E-state index is -0.575. The van der Waals surface area contributed by atoms with Crippen molar-refractivity contribution in [1.82, 2.24) is 10.6 Å². The molecule has 2 amide bonds. The third kappa shape index (κ3) is 3.08. The van der Waals surface area contributed by atoms with E-state index in [-0.39, 0.29) is 6.04 Å². The molecule has 0 heterocycles. The molecule has 0 bridgehead atoms. The summed E-state index contributed by atoms with van der Waals surface area (Å²) >= 11 is 0. The normalized spacial score (nSPS) is 18.9. The Labute approximate surface area is 124 Å². The highest BCUT2D eigenvalue weighted by Crippen LogP contribution is 2.32. The molecular weight excluding hydrogens is 268 g/mol. The van der Waals surface area contributed by atoms with E-state index in [2.05, 4.69) is 22.8 Å². The van der Waals surface area contributed by atoms with Gasteiger partial charge in [0, 0.05) is 32.5 Å². The topological polar surface area (TPSA) is 67.4 Å². The van der Waals surface area contributed by atoms with E-state index in [0.29, 0.717) is 6.54 Å². The molecule has 2 aliphatic rings. The zero-order valence-corrected chi connectivity index (χ0v) is 12.1. The SMILES string of the molecule is COC1(CNC(=O)C(=O)NC2CC2)Cc2ccccc2C1. The van der Waals surface area contributed by atoms with E-state index < -0.39 is 17.4 Å². The first kappa shape index (κ1) is 14.1. The Hall–Kier alpha value is -1.88. The molecule has 1 fully saturated rings. The van der Waals surface area contributed by atoms with Gasteiger partial charge in [-0.2, -0.15) is 0 Å². The van der Waals surface area contributed by atoms with E-state index in [9.17, 15) is 9.59 Å². The molecule has 0 atom stereocenters. The number of carbonyl (C=O) groups is 2. The first-order valence-corrected chi connectivity index (χ1v) is 7.32. The van der Waals surface area contributed by atoms with Gasteiger partial charge in [0.25, 0.3) is 0 Å². The van der Waals surface area contributed by atoms with Crippen LogP contribution in [0.5, 0.6) is 0 Å². The van der Waals surface area contributed by atoms with Gasteiger partial charge in [0.2, 0.25) is 0 Å². The standard InChI is InChI=1S/C16H20N2O3/c1-21-16(8-11-4-2-3-5-12(11)9-16)10-17-14(19)15(20)18-13-6-7-13/h2-5,13H,6-10H2,1H3,(H,17,19)(H,18,20). The minimum absolute atomic E-state index is 0.190. The van der Waals surface area contributed by atoms with E-state index >= 15 is 0 Å². The highest BCUT2D eigenvalue weighted by atomic mass is 16.5. The molecule has 0 aliphatic heterocycles. The number of benzene rings is 1. The molecule has 1 aromatic carbocycles. The second-order valence-electron chi connectivity index (χ2n) is 5.94. The molecule has 5 nitrogen and oxygen atoms in total. The lowest BCUT2D eigenvalue weighted by molar-refractivity contribution is -0.140. The second-order valence-corrected chi connectivity index (χ2v) is 5.94. The maximum absolute atomic E-state index is 11.8. The van der Waals surface area contributed by atoms with Crippen molar-refractivity contribution in [2.24, 2.45) is 0 Å². The molecular formula is C16H20N2O3. The van der Waals surface area contributed by atoms with E-state index in [4.69, 9.17) is 4.74 Å². The smallest absolute Gasteiger partial charge is 0.309 e. The van der Waals surface area contributed by atoms with Crippen LogP contribution in [-0.4, -0.2) is 37.1 Å². The fourth-order valence-corrected chi connectivity index (χ4v) is 2.80. The summed E-state index contributed by atoms with van der Waals surface area (Å²) in [7, 11) is 1.66. The molecule has 0 radical (unpaired) electrons. The molecule has 1 aromatic rings. The summed E-state index contributed by atoms with van der Waals surface area (Å²) in [6.07, 6.45) is 3.45. The summed E-state index contributed by atoms with van der Waals surface area (Å²) in [5.74, 6) is -1.12. The molecule has 0 unspecified atom stereocenters. The third-order valence-corrected chi connectivity index (χ3v) is 4.27. The van der Waals surface area contributed by atoms with Crippen LogP contribution in [0.3, 0.4) is 0 Å². The maximum Gasteiger partial charge on any atom is 0.309 e. The van der Waals surface area contributed by atoms with Crippen LogP contribution in [0.4, 0.5) is 0 Å². The number of methoxy groups -OCH3 is 1.